The van der Waals surface area contributed by atoms with Gasteiger partial charge in [-0.15, -0.1) is 23.1 Å². The van der Waals surface area contributed by atoms with Crippen molar-refractivity contribution < 1.29 is 33.9 Å². The Morgan fingerprint density at radius 1 is 1.31 bits per heavy atom. The number of nitrogens with two attached hydrogens (primary N) is 1. The average molecular weight is 524 g/mol. The molecule has 188 valence electrons. The molecule has 4 N–H and O–H groups in total. The van der Waals surface area contributed by atoms with Gasteiger partial charge in [-0.25, -0.2) is 9.78 Å². The van der Waals surface area contributed by atoms with E-state index < -0.39 is 29.2 Å². The molecule has 0 radical (unpaired) electrons. The average Bonchev–Trinajstić information content (AvgIpc) is 3.29. The molecule has 2 fully saturated rings. The van der Waals surface area contributed by atoms with Crippen molar-refractivity contribution in [1.29, 1.82) is 0 Å². The zero-order valence-electron chi connectivity index (χ0n) is 18.9. The number of esters is 1. The minimum absolute atomic E-state index is 0.156. The lowest BCUT2D eigenvalue weighted by atomic mass is 9.89. The summed E-state index contributed by atoms with van der Waals surface area (Å²) < 4.78 is 5.42. The summed E-state index contributed by atoms with van der Waals surface area (Å²) in [7, 11) is 1.27. The van der Waals surface area contributed by atoms with E-state index in [2.05, 4.69) is 15.5 Å². The predicted octanol–water partition coefficient (Wildman–Crippen LogP) is 0.938. The van der Waals surface area contributed by atoms with Gasteiger partial charge in [-0.2, -0.15) is 0 Å². The number of ether oxygens (including phenoxy) is 1. The Kier molecular flexibility index (Phi) is 7.60. The standard InChI is InChI=1S/C21H25N5O7S2/c1-32-25-13(12-9-35-21(22)23-12)16(27)24-14-17(28)26-15(19(29)30)11(8-34-18(14)26)7-33-20(31)10-5-3-2-4-6-10/h9-10,14,18H,2-8H2,1H3,(H2,22,23)(H,24,27)(H,29,30)/b25-13+/t14?,18-/m1/s1. The molecule has 0 aromatic carbocycles. The first-order chi connectivity index (χ1) is 16.8. The van der Waals surface area contributed by atoms with E-state index >= 15 is 0 Å². The third kappa shape index (κ3) is 5.12. The Labute approximate surface area is 208 Å². The molecule has 0 bridgehead atoms. The van der Waals surface area contributed by atoms with Crippen LogP contribution in [0.5, 0.6) is 0 Å². The van der Waals surface area contributed by atoms with Crippen LogP contribution in [0.3, 0.4) is 0 Å². The number of β-lactam (4-membered cyclic amide) rings is 1. The number of fused-ring (bicyclic) bond motifs is 1. The van der Waals surface area contributed by atoms with E-state index in [1.807, 2.05) is 0 Å². The molecule has 0 spiro atoms. The molecule has 35 heavy (non-hydrogen) atoms. The lowest BCUT2D eigenvalue weighted by Crippen LogP contribution is -2.71. The van der Waals surface area contributed by atoms with Gasteiger partial charge in [0.15, 0.2) is 10.8 Å². The number of carboxylic acid groups (broad SMARTS) is 1. The van der Waals surface area contributed by atoms with Gasteiger partial charge in [0.25, 0.3) is 11.8 Å². The van der Waals surface area contributed by atoms with E-state index in [1.54, 1.807) is 0 Å². The monoisotopic (exact) mass is 523 g/mol. The van der Waals surface area contributed by atoms with Crippen LogP contribution in [-0.2, 0) is 28.8 Å². The Bertz CT molecular complexity index is 1100. The maximum absolute atomic E-state index is 12.9. The van der Waals surface area contributed by atoms with Crippen LogP contribution < -0.4 is 11.1 Å². The molecule has 14 heteroatoms. The summed E-state index contributed by atoms with van der Waals surface area (Å²) in [5.74, 6) is -2.84. The highest BCUT2D eigenvalue weighted by Crippen LogP contribution is 2.40. The Morgan fingerprint density at radius 2 is 2.06 bits per heavy atom. The zero-order valence-corrected chi connectivity index (χ0v) is 20.5. The molecule has 4 rings (SSSR count). The second kappa shape index (κ2) is 10.6. The van der Waals surface area contributed by atoms with Gasteiger partial charge in [0.2, 0.25) is 0 Å². The third-order valence-electron chi connectivity index (χ3n) is 6.03. The SMILES string of the molecule is CO/N=C(/C(=O)NC1C(=O)N2C(C(=O)O)=C(COC(=O)C3CCCCC3)CS[C@H]12)c1csc(N)n1. The molecule has 3 heterocycles. The highest BCUT2D eigenvalue weighted by molar-refractivity contribution is 8.00. The van der Waals surface area contributed by atoms with Crippen molar-refractivity contribution in [3.05, 3.63) is 22.3 Å². The highest BCUT2D eigenvalue weighted by atomic mass is 32.2. The molecular formula is C21H25N5O7S2. The van der Waals surface area contributed by atoms with Crippen molar-refractivity contribution in [2.45, 2.75) is 43.5 Å². The van der Waals surface area contributed by atoms with Gasteiger partial charge in [0, 0.05) is 16.7 Å². The summed E-state index contributed by atoms with van der Waals surface area (Å²) in [5.41, 5.74) is 5.80. The summed E-state index contributed by atoms with van der Waals surface area (Å²) in [6.45, 7) is -0.187. The van der Waals surface area contributed by atoms with Crippen LogP contribution >= 0.6 is 23.1 Å². The normalized spacial score (nSPS) is 22.8. The van der Waals surface area contributed by atoms with E-state index in [4.69, 9.17) is 15.3 Å². The minimum Gasteiger partial charge on any atom is -0.477 e. The van der Waals surface area contributed by atoms with Crippen LogP contribution in [0.4, 0.5) is 5.13 Å². The van der Waals surface area contributed by atoms with Gasteiger partial charge in [-0.1, -0.05) is 24.4 Å². The van der Waals surface area contributed by atoms with Crippen LogP contribution in [-0.4, -0.2) is 75.3 Å². The highest BCUT2D eigenvalue weighted by Gasteiger charge is 2.54. The Morgan fingerprint density at radius 3 is 2.69 bits per heavy atom. The van der Waals surface area contributed by atoms with Crippen molar-refractivity contribution in [2.24, 2.45) is 11.1 Å². The largest absolute Gasteiger partial charge is 0.477 e. The minimum atomic E-state index is -1.29. The number of anilines is 1. The van der Waals surface area contributed by atoms with E-state index in [9.17, 15) is 24.3 Å². The number of nitrogen functional groups attached to an aromatic ring is 1. The van der Waals surface area contributed by atoms with E-state index in [1.165, 1.54) is 24.3 Å². The number of hydrogen-bond acceptors (Lipinski definition) is 11. The van der Waals surface area contributed by atoms with Gasteiger partial charge in [0.05, 0.1) is 5.92 Å². The smallest absolute Gasteiger partial charge is 0.352 e. The van der Waals surface area contributed by atoms with Crippen molar-refractivity contribution in [3.63, 3.8) is 0 Å². The van der Waals surface area contributed by atoms with Crippen LogP contribution in [0.25, 0.3) is 0 Å². The van der Waals surface area contributed by atoms with Crippen LogP contribution in [0.15, 0.2) is 21.8 Å². The fourth-order valence-electron chi connectivity index (χ4n) is 4.31. The summed E-state index contributed by atoms with van der Waals surface area (Å²) >= 11 is 2.40. The maximum atomic E-state index is 12.9. The van der Waals surface area contributed by atoms with Crippen molar-refractivity contribution in [1.82, 2.24) is 15.2 Å². The topological polar surface area (TPSA) is 174 Å². The number of thiazole rings is 1. The number of hydrogen-bond donors (Lipinski definition) is 3. The summed E-state index contributed by atoms with van der Waals surface area (Å²) in [5, 5.41) is 17.2. The number of carbonyl (C=O) groups is 4. The number of nitrogens with one attached hydrogen (secondary N) is 1. The summed E-state index contributed by atoms with van der Waals surface area (Å²) in [6.07, 6.45) is 4.59. The first kappa shape index (κ1) is 25.0. The first-order valence-corrected chi connectivity index (χ1v) is 12.9. The van der Waals surface area contributed by atoms with Crippen LogP contribution in [0, 0.1) is 5.92 Å². The first-order valence-electron chi connectivity index (χ1n) is 11.0. The van der Waals surface area contributed by atoms with Crippen molar-refractivity contribution >= 4 is 57.7 Å². The van der Waals surface area contributed by atoms with Crippen LogP contribution in [0.1, 0.15) is 37.8 Å². The number of amides is 2. The molecule has 1 unspecified atom stereocenters. The maximum Gasteiger partial charge on any atom is 0.352 e. The van der Waals surface area contributed by atoms with Crippen LogP contribution in [0.2, 0.25) is 0 Å². The molecule has 2 aliphatic heterocycles. The van der Waals surface area contributed by atoms with Gasteiger partial charge >= 0.3 is 11.9 Å². The van der Waals surface area contributed by atoms with Gasteiger partial charge in [-0.05, 0) is 12.8 Å². The third-order valence-corrected chi connectivity index (χ3v) is 8.04. The second-order valence-electron chi connectivity index (χ2n) is 8.25. The van der Waals surface area contributed by atoms with Gasteiger partial charge < -0.3 is 25.7 Å². The summed E-state index contributed by atoms with van der Waals surface area (Å²) in [4.78, 5) is 60.0. The Balaban J connectivity index is 1.44. The number of aliphatic carboxylic acids is 1. The predicted molar refractivity (Wildman–Crippen MR) is 127 cm³/mol. The van der Waals surface area contributed by atoms with E-state index in [-0.39, 0.29) is 46.5 Å². The van der Waals surface area contributed by atoms with E-state index in [0.717, 1.165) is 48.3 Å². The molecule has 1 saturated carbocycles. The summed E-state index contributed by atoms with van der Waals surface area (Å²) in [6, 6.07) is -0.966. The molecule has 3 aliphatic rings. The lowest BCUT2D eigenvalue weighted by molar-refractivity contribution is -0.151. The quantitative estimate of drug-likeness (QED) is 0.192. The number of carbonyl (C=O) groups excluding carboxylic acids is 3. The molecule has 12 nitrogen and oxygen atoms in total. The zero-order chi connectivity index (χ0) is 25.1. The fourth-order valence-corrected chi connectivity index (χ4v) is 6.19. The second-order valence-corrected chi connectivity index (χ2v) is 10.2. The number of nitrogens with zero attached hydrogens (tertiary/aromatic N) is 3. The molecular weight excluding hydrogens is 498 g/mol. The lowest BCUT2D eigenvalue weighted by Gasteiger charge is -2.49. The number of thioether (sulfide) groups is 1. The number of aromatic nitrogens is 1. The number of rotatable bonds is 8. The Hall–Kier alpha value is -3.13. The fraction of sp³-hybridized carbons (Fsp3) is 0.524. The number of oxime groups is 1. The van der Waals surface area contributed by atoms with Crippen molar-refractivity contribution in [3.8, 4) is 0 Å². The molecule has 2 amide bonds. The molecule has 2 atom stereocenters. The molecule has 1 aromatic rings. The molecule has 1 aliphatic carbocycles. The van der Waals surface area contributed by atoms with E-state index in [0.29, 0.717) is 5.57 Å². The number of carboxylic acids is 1. The van der Waals surface area contributed by atoms with Gasteiger partial charge in [-0.3, -0.25) is 19.3 Å². The molecule has 1 saturated heterocycles. The van der Waals surface area contributed by atoms with Gasteiger partial charge in [0.1, 0.15) is 36.5 Å². The molecule has 1 aromatic heterocycles. The van der Waals surface area contributed by atoms with Crippen molar-refractivity contribution in [2.75, 3.05) is 25.2 Å².